The molecule has 12 heteroatoms. The smallest absolute Gasteiger partial charge is 0.257 e. The number of nitrogens with zero attached hydrogens (tertiary/aromatic N) is 7. The normalized spacial score (nSPS) is 14.0. The van der Waals surface area contributed by atoms with Gasteiger partial charge in [-0.25, -0.2) is 18.9 Å². The third kappa shape index (κ3) is 5.22. The molecule has 0 saturated carbocycles. The molecule has 0 unspecified atom stereocenters. The molecule has 1 fully saturated rings. The van der Waals surface area contributed by atoms with Gasteiger partial charge in [-0.2, -0.15) is 14.6 Å². The third-order valence-corrected chi connectivity index (χ3v) is 7.55. The number of amides is 2. The summed E-state index contributed by atoms with van der Waals surface area (Å²) in [4.78, 5) is 34.7. The quantitative estimate of drug-likeness (QED) is 0.293. The van der Waals surface area contributed by atoms with Gasteiger partial charge in [0.2, 0.25) is 11.9 Å². The van der Waals surface area contributed by atoms with Gasteiger partial charge in [-0.15, -0.1) is 0 Å². The molecule has 6 rings (SSSR count). The van der Waals surface area contributed by atoms with Gasteiger partial charge in [0.15, 0.2) is 11.5 Å². The summed E-state index contributed by atoms with van der Waals surface area (Å²) in [6, 6.07) is 12.3. The molecule has 0 spiro atoms. The number of carbonyl (C=O) groups excluding carboxylic acids is 2. The molecule has 214 valence electrons. The highest BCUT2D eigenvalue weighted by Crippen LogP contribution is 2.40. The van der Waals surface area contributed by atoms with Gasteiger partial charge in [-0.1, -0.05) is 6.92 Å². The Morgan fingerprint density at radius 3 is 2.50 bits per heavy atom. The largest absolute Gasteiger partial charge is 0.343 e. The predicted octanol–water partition coefficient (Wildman–Crippen LogP) is 4.84. The van der Waals surface area contributed by atoms with Gasteiger partial charge >= 0.3 is 0 Å². The molecule has 42 heavy (non-hydrogen) atoms. The van der Waals surface area contributed by atoms with E-state index in [9.17, 15) is 18.4 Å². The molecule has 5 aromatic rings. The molecule has 0 radical (unpaired) electrons. The zero-order chi connectivity index (χ0) is 29.4. The minimum absolute atomic E-state index is 0.115. The lowest BCUT2D eigenvalue weighted by molar-refractivity contribution is -0.131. The van der Waals surface area contributed by atoms with Crippen molar-refractivity contribution in [1.82, 2.24) is 34.3 Å². The van der Waals surface area contributed by atoms with E-state index in [1.54, 1.807) is 28.9 Å². The molecule has 1 saturated heterocycles. The maximum absolute atomic E-state index is 13.8. The van der Waals surface area contributed by atoms with Crippen molar-refractivity contribution < 1.29 is 18.4 Å². The summed E-state index contributed by atoms with van der Waals surface area (Å²) in [6.07, 6.45) is 4.84. The number of aryl methyl sites for hydroxylation is 1. The SMILES string of the molecule is CCC(=O)N1CCC(c2c(-c3ccc4nc(NC(=O)c5ccnc(F)c5)cn4n3)c(-c3ccc(F)cc3)nn2C)CC1. The maximum atomic E-state index is 13.8. The second-order valence-corrected chi connectivity index (χ2v) is 10.2. The molecular weight excluding hydrogens is 542 g/mol. The topological polar surface area (TPSA) is 110 Å². The molecule has 1 aliphatic heterocycles. The number of hydrogen-bond acceptors (Lipinski definition) is 6. The van der Waals surface area contributed by atoms with Crippen LogP contribution in [0.15, 0.2) is 60.9 Å². The van der Waals surface area contributed by atoms with Crippen LogP contribution in [0.1, 0.15) is 48.2 Å². The fraction of sp³-hybridized carbons (Fsp3) is 0.267. The van der Waals surface area contributed by atoms with E-state index >= 15 is 0 Å². The molecule has 1 N–H and O–H groups in total. The first-order chi connectivity index (χ1) is 20.3. The van der Waals surface area contributed by atoms with Gasteiger partial charge < -0.3 is 10.2 Å². The number of halogens is 2. The van der Waals surface area contributed by atoms with Crippen LogP contribution in [-0.4, -0.2) is 59.2 Å². The number of piperidine rings is 1. The molecule has 1 aromatic carbocycles. The summed E-state index contributed by atoms with van der Waals surface area (Å²) in [5.74, 6) is -1.10. The van der Waals surface area contributed by atoms with Crippen molar-refractivity contribution in [3.05, 3.63) is 83.9 Å². The van der Waals surface area contributed by atoms with E-state index in [4.69, 9.17) is 10.2 Å². The minimum Gasteiger partial charge on any atom is -0.343 e. The van der Waals surface area contributed by atoms with Crippen molar-refractivity contribution in [3.63, 3.8) is 0 Å². The summed E-state index contributed by atoms with van der Waals surface area (Å²) >= 11 is 0. The lowest BCUT2D eigenvalue weighted by atomic mass is 9.88. The standard InChI is InChI=1S/C30H28F2N8O2/c1-3-26(41)39-14-11-19(12-15-39)29-27(28(37-38(29)2)18-4-6-21(31)7-5-18)22-8-9-25-34-24(17-40(25)36-22)35-30(42)20-10-13-33-23(32)16-20/h4-10,13,16-17,19H,3,11-12,14-15H2,1-2H3,(H,35,42). The van der Waals surface area contributed by atoms with Crippen LogP contribution in [0.25, 0.3) is 28.2 Å². The highest BCUT2D eigenvalue weighted by Gasteiger charge is 2.30. The van der Waals surface area contributed by atoms with Crippen LogP contribution >= 0.6 is 0 Å². The van der Waals surface area contributed by atoms with E-state index < -0.39 is 11.9 Å². The van der Waals surface area contributed by atoms with Crippen LogP contribution in [0.4, 0.5) is 14.6 Å². The molecule has 0 atom stereocenters. The van der Waals surface area contributed by atoms with Crippen LogP contribution in [0.3, 0.4) is 0 Å². The molecule has 2 amide bonds. The third-order valence-electron chi connectivity index (χ3n) is 7.55. The van der Waals surface area contributed by atoms with Gasteiger partial charge in [0, 0.05) is 55.9 Å². The molecule has 1 aliphatic rings. The summed E-state index contributed by atoms with van der Waals surface area (Å²) in [6.45, 7) is 3.19. The monoisotopic (exact) mass is 570 g/mol. The zero-order valence-corrected chi connectivity index (χ0v) is 23.1. The number of nitrogens with one attached hydrogen (secondary N) is 1. The number of aromatic nitrogens is 6. The Balaban J connectivity index is 1.38. The Kier molecular flexibility index (Phi) is 7.19. The summed E-state index contributed by atoms with van der Waals surface area (Å²) in [7, 11) is 1.89. The van der Waals surface area contributed by atoms with Gasteiger partial charge in [0.05, 0.1) is 23.1 Å². The lowest BCUT2D eigenvalue weighted by Crippen LogP contribution is -2.37. The first-order valence-corrected chi connectivity index (χ1v) is 13.7. The second-order valence-electron chi connectivity index (χ2n) is 10.2. The highest BCUT2D eigenvalue weighted by molar-refractivity contribution is 6.03. The number of anilines is 1. The van der Waals surface area contributed by atoms with Crippen LogP contribution in [0.5, 0.6) is 0 Å². The summed E-state index contributed by atoms with van der Waals surface area (Å²) in [5, 5.41) is 12.4. The van der Waals surface area contributed by atoms with Gasteiger partial charge in [-0.05, 0) is 55.3 Å². The van der Waals surface area contributed by atoms with Crippen LogP contribution in [-0.2, 0) is 11.8 Å². The Labute approximate surface area is 240 Å². The van der Waals surface area contributed by atoms with Crippen molar-refractivity contribution in [1.29, 1.82) is 0 Å². The van der Waals surface area contributed by atoms with Crippen molar-refractivity contribution in [2.75, 3.05) is 18.4 Å². The number of pyridine rings is 1. The fourth-order valence-corrected chi connectivity index (χ4v) is 5.50. The summed E-state index contributed by atoms with van der Waals surface area (Å²) in [5.41, 5.74) is 4.45. The van der Waals surface area contributed by atoms with Crippen molar-refractivity contribution in [2.24, 2.45) is 7.05 Å². The second kappa shape index (κ2) is 11.1. The summed E-state index contributed by atoms with van der Waals surface area (Å²) < 4.78 is 30.7. The van der Waals surface area contributed by atoms with Crippen LogP contribution in [0.2, 0.25) is 0 Å². The number of rotatable bonds is 6. The molecular formula is C30H28F2N8O2. The number of carbonyl (C=O) groups is 2. The zero-order valence-electron chi connectivity index (χ0n) is 23.1. The van der Waals surface area contributed by atoms with Crippen molar-refractivity contribution >= 4 is 23.3 Å². The Morgan fingerprint density at radius 2 is 1.79 bits per heavy atom. The molecule has 5 heterocycles. The molecule has 0 aliphatic carbocycles. The van der Waals surface area contributed by atoms with E-state index in [2.05, 4.69) is 15.3 Å². The Bertz CT molecular complexity index is 1790. The van der Waals surface area contributed by atoms with E-state index in [-0.39, 0.29) is 29.0 Å². The number of likely N-dealkylation sites (tertiary alicyclic amines) is 1. The van der Waals surface area contributed by atoms with E-state index in [0.717, 1.165) is 35.7 Å². The number of benzene rings is 1. The van der Waals surface area contributed by atoms with Crippen molar-refractivity contribution in [2.45, 2.75) is 32.1 Å². The first-order valence-electron chi connectivity index (χ1n) is 13.7. The minimum atomic E-state index is -0.754. The molecule has 10 nitrogen and oxygen atoms in total. The molecule has 4 aromatic heterocycles. The molecule has 0 bridgehead atoms. The Morgan fingerprint density at radius 1 is 1.02 bits per heavy atom. The van der Waals surface area contributed by atoms with Gasteiger partial charge in [-0.3, -0.25) is 14.3 Å². The van der Waals surface area contributed by atoms with E-state index in [1.807, 2.05) is 29.6 Å². The number of hydrogen-bond donors (Lipinski definition) is 1. The van der Waals surface area contributed by atoms with E-state index in [1.165, 1.54) is 24.4 Å². The average Bonchev–Trinajstić information content (AvgIpc) is 3.56. The maximum Gasteiger partial charge on any atom is 0.257 e. The van der Waals surface area contributed by atoms with Crippen molar-refractivity contribution in [3.8, 4) is 22.5 Å². The van der Waals surface area contributed by atoms with Gasteiger partial charge in [0.1, 0.15) is 11.5 Å². The lowest BCUT2D eigenvalue weighted by Gasteiger charge is -2.32. The van der Waals surface area contributed by atoms with Crippen LogP contribution in [0, 0.1) is 11.8 Å². The first kappa shape index (κ1) is 27.2. The van der Waals surface area contributed by atoms with Gasteiger partial charge in [0.25, 0.3) is 5.91 Å². The Hall–Kier alpha value is -5.00. The number of imidazole rings is 1. The predicted molar refractivity (Wildman–Crippen MR) is 152 cm³/mol. The average molecular weight is 571 g/mol. The number of fused-ring (bicyclic) bond motifs is 1. The fourth-order valence-electron chi connectivity index (χ4n) is 5.50. The highest BCUT2D eigenvalue weighted by atomic mass is 19.1. The van der Waals surface area contributed by atoms with E-state index in [0.29, 0.717) is 36.5 Å². The van der Waals surface area contributed by atoms with Crippen LogP contribution < -0.4 is 5.32 Å².